The summed E-state index contributed by atoms with van der Waals surface area (Å²) in [5.41, 5.74) is 2.67. The lowest BCUT2D eigenvalue weighted by Gasteiger charge is -2.09. The smallest absolute Gasteiger partial charge is 0.236 e. The standard InChI is InChI=1S/C24H21N3O2S/c1-18-16-20(27(25-18)19-8-4-2-5-9-19)17-24(28)26-30-23-14-12-22(13-15-23)29-21-10-6-3-7-11-21/h2-16H,17H2,1H3,(H,26,28). The van der Waals surface area contributed by atoms with Gasteiger partial charge >= 0.3 is 0 Å². The van der Waals surface area contributed by atoms with Gasteiger partial charge in [0.15, 0.2) is 0 Å². The maximum atomic E-state index is 12.5. The fraction of sp³-hybridized carbons (Fsp3) is 0.0833. The Bertz CT molecular complexity index is 1110. The number of hydrogen-bond acceptors (Lipinski definition) is 4. The minimum absolute atomic E-state index is 0.0818. The molecule has 0 aliphatic rings. The molecule has 1 amide bonds. The number of aromatic nitrogens is 2. The third kappa shape index (κ3) is 5.10. The molecule has 0 bridgehead atoms. The molecule has 0 spiro atoms. The molecule has 4 aromatic rings. The Labute approximate surface area is 179 Å². The molecule has 0 atom stereocenters. The zero-order chi connectivity index (χ0) is 20.8. The number of nitrogens with zero attached hydrogens (tertiary/aromatic N) is 2. The summed E-state index contributed by atoms with van der Waals surface area (Å²) >= 11 is 1.29. The van der Waals surface area contributed by atoms with E-state index >= 15 is 0 Å². The molecule has 4 rings (SSSR count). The first-order valence-corrected chi connectivity index (χ1v) is 10.4. The van der Waals surface area contributed by atoms with Crippen molar-refractivity contribution in [3.63, 3.8) is 0 Å². The number of carbonyl (C=O) groups is 1. The average molecular weight is 416 g/mol. The first-order valence-electron chi connectivity index (χ1n) is 9.57. The third-order valence-corrected chi connectivity index (χ3v) is 5.17. The van der Waals surface area contributed by atoms with Crippen molar-refractivity contribution in [3.8, 4) is 17.2 Å². The van der Waals surface area contributed by atoms with E-state index in [0.29, 0.717) is 0 Å². The van der Waals surface area contributed by atoms with Crippen LogP contribution in [0.1, 0.15) is 11.4 Å². The second-order valence-corrected chi connectivity index (χ2v) is 7.59. The number of ether oxygens (including phenoxy) is 1. The highest BCUT2D eigenvalue weighted by atomic mass is 32.2. The molecule has 0 saturated heterocycles. The van der Waals surface area contributed by atoms with Gasteiger partial charge in [-0.15, -0.1) is 0 Å². The molecule has 150 valence electrons. The van der Waals surface area contributed by atoms with E-state index in [9.17, 15) is 4.79 Å². The Kier molecular flexibility index (Phi) is 6.15. The van der Waals surface area contributed by atoms with Gasteiger partial charge in [0.2, 0.25) is 5.91 Å². The Morgan fingerprint density at radius 2 is 1.57 bits per heavy atom. The van der Waals surface area contributed by atoms with Gasteiger partial charge in [-0.3, -0.25) is 9.52 Å². The van der Waals surface area contributed by atoms with E-state index in [1.807, 2.05) is 103 Å². The van der Waals surface area contributed by atoms with Crippen LogP contribution in [0.25, 0.3) is 5.69 Å². The lowest BCUT2D eigenvalue weighted by Crippen LogP contribution is -2.19. The van der Waals surface area contributed by atoms with Crippen LogP contribution < -0.4 is 9.46 Å². The third-order valence-electron chi connectivity index (χ3n) is 4.33. The van der Waals surface area contributed by atoms with Crippen LogP contribution in [0.5, 0.6) is 11.5 Å². The summed E-state index contributed by atoms with van der Waals surface area (Å²) < 4.78 is 10.5. The molecular formula is C24H21N3O2S. The summed E-state index contributed by atoms with van der Waals surface area (Å²) in [6.07, 6.45) is 0.248. The van der Waals surface area contributed by atoms with Gasteiger partial charge in [0.1, 0.15) is 11.5 Å². The summed E-state index contributed by atoms with van der Waals surface area (Å²) in [4.78, 5) is 13.4. The van der Waals surface area contributed by atoms with Crippen molar-refractivity contribution in [2.75, 3.05) is 0 Å². The molecule has 1 N–H and O–H groups in total. The Hall–Kier alpha value is -3.51. The van der Waals surface area contributed by atoms with Gasteiger partial charge in [-0.25, -0.2) is 4.68 Å². The Balaban J connectivity index is 1.34. The topological polar surface area (TPSA) is 56.1 Å². The van der Waals surface area contributed by atoms with Crippen molar-refractivity contribution in [1.29, 1.82) is 0 Å². The molecule has 6 heteroatoms. The van der Waals surface area contributed by atoms with Gasteiger partial charge < -0.3 is 4.74 Å². The van der Waals surface area contributed by atoms with E-state index in [0.717, 1.165) is 33.5 Å². The van der Waals surface area contributed by atoms with Gasteiger partial charge in [-0.2, -0.15) is 5.10 Å². The van der Waals surface area contributed by atoms with Crippen molar-refractivity contribution in [1.82, 2.24) is 14.5 Å². The fourth-order valence-electron chi connectivity index (χ4n) is 2.99. The van der Waals surface area contributed by atoms with Crippen molar-refractivity contribution in [2.45, 2.75) is 18.2 Å². The zero-order valence-corrected chi connectivity index (χ0v) is 17.3. The number of hydrogen-bond donors (Lipinski definition) is 1. The van der Waals surface area contributed by atoms with Gasteiger partial charge in [0, 0.05) is 4.90 Å². The van der Waals surface area contributed by atoms with Crippen LogP contribution in [0.2, 0.25) is 0 Å². The lowest BCUT2D eigenvalue weighted by molar-refractivity contribution is -0.118. The lowest BCUT2D eigenvalue weighted by atomic mass is 10.2. The number of nitrogens with one attached hydrogen (secondary N) is 1. The Morgan fingerprint density at radius 3 is 2.27 bits per heavy atom. The fourth-order valence-corrected chi connectivity index (χ4v) is 3.56. The minimum Gasteiger partial charge on any atom is -0.457 e. The number of aryl methyl sites for hydroxylation is 1. The highest BCUT2D eigenvalue weighted by Gasteiger charge is 2.12. The molecule has 3 aromatic carbocycles. The van der Waals surface area contributed by atoms with Crippen LogP contribution in [0.3, 0.4) is 0 Å². The molecule has 0 unspecified atom stereocenters. The SMILES string of the molecule is Cc1cc(CC(=O)NSc2ccc(Oc3ccccc3)cc2)n(-c2ccccc2)n1. The highest BCUT2D eigenvalue weighted by molar-refractivity contribution is 7.98. The summed E-state index contributed by atoms with van der Waals surface area (Å²) in [7, 11) is 0. The van der Waals surface area contributed by atoms with Crippen LogP contribution >= 0.6 is 11.9 Å². The Morgan fingerprint density at radius 1 is 0.933 bits per heavy atom. The van der Waals surface area contributed by atoms with Crippen LogP contribution in [0.15, 0.2) is 95.9 Å². The van der Waals surface area contributed by atoms with Crippen molar-refractivity contribution >= 4 is 17.9 Å². The largest absolute Gasteiger partial charge is 0.457 e. The van der Waals surface area contributed by atoms with Crippen molar-refractivity contribution in [2.24, 2.45) is 0 Å². The van der Waals surface area contributed by atoms with E-state index in [1.165, 1.54) is 11.9 Å². The first-order chi connectivity index (χ1) is 14.7. The average Bonchev–Trinajstić information content (AvgIpc) is 3.14. The molecule has 5 nitrogen and oxygen atoms in total. The molecule has 30 heavy (non-hydrogen) atoms. The highest BCUT2D eigenvalue weighted by Crippen LogP contribution is 2.24. The van der Waals surface area contributed by atoms with Crippen LogP contribution in [-0.4, -0.2) is 15.7 Å². The van der Waals surface area contributed by atoms with E-state index in [4.69, 9.17) is 4.74 Å². The van der Waals surface area contributed by atoms with Crippen molar-refractivity contribution in [3.05, 3.63) is 102 Å². The molecule has 1 heterocycles. The number of amides is 1. The van der Waals surface area contributed by atoms with Crippen LogP contribution in [0, 0.1) is 6.92 Å². The van der Waals surface area contributed by atoms with Gasteiger partial charge in [-0.05, 0) is 73.5 Å². The first kappa shape index (κ1) is 19.8. The van der Waals surface area contributed by atoms with Gasteiger partial charge in [-0.1, -0.05) is 36.4 Å². The number of para-hydroxylation sites is 2. The van der Waals surface area contributed by atoms with Gasteiger partial charge in [0.05, 0.1) is 23.5 Å². The number of rotatable bonds is 7. The second kappa shape index (κ2) is 9.33. The van der Waals surface area contributed by atoms with Crippen LogP contribution in [0.4, 0.5) is 0 Å². The monoisotopic (exact) mass is 415 g/mol. The number of carbonyl (C=O) groups excluding carboxylic acids is 1. The molecule has 0 aliphatic heterocycles. The maximum Gasteiger partial charge on any atom is 0.236 e. The molecule has 0 radical (unpaired) electrons. The minimum atomic E-state index is -0.0818. The molecule has 1 aromatic heterocycles. The van der Waals surface area contributed by atoms with E-state index in [2.05, 4.69) is 9.82 Å². The van der Waals surface area contributed by atoms with E-state index in [-0.39, 0.29) is 12.3 Å². The predicted octanol–water partition coefficient (Wildman–Crippen LogP) is 5.34. The quantitative estimate of drug-likeness (QED) is 0.414. The van der Waals surface area contributed by atoms with Crippen LogP contribution in [-0.2, 0) is 11.2 Å². The maximum absolute atomic E-state index is 12.5. The zero-order valence-electron chi connectivity index (χ0n) is 16.5. The summed E-state index contributed by atoms with van der Waals surface area (Å²) in [5, 5.41) is 4.51. The van der Waals surface area contributed by atoms with Crippen molar-refractivity contribution < 1.29 is 9.53 Å². The number of benzene rings is 3. The van der Waals surface area contributed by atoms with E-state index in [1.54, 1.807) is 0 Å². The molecule has 0 aliphatic carbocycles. The normalized spacial score (nSPS) is 10.6. The summed E-state index contributed by atoms with van der Waals surface area (Å²) in [5.74, 6) is 1.46. The summed E-state index contributed by atoms with van der Waals surface area (Å²) in [6.45, 7) is 1.93. The molecular weight excluding hydrogens is 394 g/mol. The predicted molar refractivity (Wildman–Crippen MR) is 119 cm³/mol. The second-order valence-electron chi connectivity index (χ2n) is 6.72. The molecule has 0 fully saturated rings. The van der Waals surface area contributed by atoms with E-state index < -0.39 is 0 Å². The molecule has 0 saturated carbocycles. The van der Waals surface area contributed by atoms with Gasteiger partial charge in [0.25, 0.3) is 0 Å². The summed E-state index contributed by atoms with van der Waals surface area (Å²) in [6, 6.07) is 29.0.